The zero-order chi connectivity index (χ0) is 10.1. The molecule has 0 unspecified atom stereocenters. The fourth-order valence-electron chi connectivity index (χ4n) is 1.75. The number of imidazole rings is 1. The van der Waals surface area contributed by atoms with Crippen LogP contribution in [0, 0.1) is 0 Å². The van der Waals surface area contributed by atoms with Crippen molar-refractivity contribution in [3.63, 3.8) is 0 Å². The van der Waals surface area contributed by atoms with Gasteiger partial charge in [0.05, 0.1) is 18.2 Å². The molecule has 3 rings (SSSR count). The lowest BCUT2D eigenvalue weighted by atomic mass is 10.3. The van der Waals surface area contributed by atoms with Crippen LogP contribution in [-0.4, -0.2) is 9.55 Å². The largest absolute Gasteiger partial charge is 0.329 e. The molecule has 3 heteroatoms. The van der Waals surface area contributed by atoms with E-state index in [4.69, 9.17) is 0 Å². The fourth-order valence-corrected chi connectivity index (χ4v) is 1.75. The van der Waals surface area contributed by atoms with Crippen LogP contribution in [0.1, 0.15) is 5.69 Å². The van der Waals surface area contributed by atoms with Crippen molar-refractivity contribution < 1.29 is 0 Å². The highest BCUT2D eigenvalue weighted by molar-refractivity contribution is 5.57. The van der Waals surface area contributed by atoms with E-state index < -0.39 is 0 Å². The Hall–Kier alpha value is -2.03. The minimum absolute atomic E-state index is 0.829. The molecule has 0 N–H and O–H groups in total. The van der Waals surface area contributed by atoms with Crippen molar-refractivity contribution in [3.05, 3.63) is 54.7 Å². The maximum absolute atomic E-state index is 4.12. The van der Waals surface area contributed by atoms with Gasteiger partial charge >= 0.3 is 0 Å². The number of fused-ring (bicyclic) bond motifs is 1. The van der Waals surface area contributed by atoms with Crippen LogP contribution < -0.4 is 4.90 Å². The quantitative estimate of drug-likeness (QED) is 0.699. The van der Waals surface area contributed by atoms with Gasteiger partial charge in [-0.05, 0) is 18.2 Å². The van der Waals surface area contributed by atoms with Crippen LogP contribution in [0.4, 0.5) is 5.69 Å². The van der Waals surface area contributed by atoms with E-state index >= 15 is 0 Å². The van der Waals surface area contributed by atoms with Crippen LogP contribution in [0.3, 0.4) is 0 Å². The number of hydrogen-bond donors (Lipinski definition) is 0. The zero-order valence-electron chi connectivity index (χ0n) is 8.24. The van der Waals surface area contributed by atoms with Crippen LogP contribution in [0.5, 0.6) is 0 Å². The summed E-state index contributed by atoms with van der Waals surface area (Å²) in [5.74, 6) is 0. The van der Waals surface area contributed by atoms with Crippen molar-refractivity contribution in [2.24, 2.45) is 0 Å². The van der Waals surface area contributed by atoms with Crippen molar-refractivity contribution in [1.82, 2.24) is 9.55 Å². The highest BCUT2D eigenvalue weighted by Gasteiger charge is 2.10. The smallest absolute Gasteiger partial charge is 0.100 e. The Morgan fingerprint density at radius 1 is 1.13 bits per heavy atom. The van der Waals surface area contributed by atoms with Crippen LogP contribution in [-0.2, 0) is 6.67 Å². The molecule has 0 saturated carbocycles. The lowest BCUT2D eigenvalue weighted by molar-refractivity contribution is 0.686. The Kier molecular flexibility index (Phi) is 1.81. The van der Waals surface area contributed by atoms with E-state index in [0.717, 1.165) is 12.4 Å². The molecular weight excluding hydrogens is 186 g/mol. The topological polar surface area (TPSA) is 21.1 Å². The number of benzene rings is 1. The second-order valence-corrected chi connectivity index (χ2v) is 3.55. The second kappa shape index (κ2) is 3.28. The van der Waals surface area contributed by atoms with E-state index in [0.29, 0.717) is 0 Å². The summed E-state index contributed by atoms with van der Waals surface area (Å²) < 4.78 is 2.12. The predicted octanol–water partition coefficient (Wildman–Crippen LogP) is 2.33. The molecule has 74 valence electrons. The molecule has 3 nitrogen and oxygen atoms in total. The summed E-state index contributed by atoms with van der Waals surface area (Å²) in [5, 5.41) is 0. The van der Waals surface area contributed by atoms with Crippen molar-refractivity contribution >= 4 is 11.8 Å². The van der Waals surface area contributed by atoms with Crippen LogP contribution in [0.25, 0.3) is 6.08 Å². The molecule has 0 saturated heterocycles. The maximum Gasteiger partial charge on any atom is 0.100 e. The molecule has 0 bridgehead atoms. The van der Waals surface area contributed by atoms with E-state index in [2.05, 4.69) is 38.9 Å². The zero-order valence-corrected chi connectivity index (χ0v) is 8.24. The third-order valence-corrected chi connectivity index (χ3v) is 2.56. The van der Waals surface area contributed by atoms with Gasteiger partial charge in [-0.2, -0.15) is 0 Å². The molecule has 1 aliphatic rings. The molecule has 0 amide bonds. The van der Waals surface area contributed by atoms with Gasteiger partial charge in [0.15, 0.2) is 0 Å². The van der Waals surface area contributed by atoms with Crippen molar-refractivity contribution in [3.8, 4) is 0 Å². The molecule has 0 fully saturated rings. The summed E-state index contributed by atoms with van der Waals surface area (Å²) in [6.45, 7) is 0.829. The number of para-hydroxylation sites is 1. The van der Waals surface area contributed by atoms with E-state index in [1.807, 2.05) is 30.7 Å². The first-order valence-corrected chi connectivity index (χ1v) is 4.93. The number of aromatic nitrogens is 2. The van der Waals surface area contributed by atoms with Crippen molar-refractivity contribution in [1.29, 1.82) is 0 Å². The minimum atomic E-state index is 0.829. The standard InChI is InChI=1S/C12H11N3/c1-2-4-11(5-3-1)14-7-6-12-8-13-9-15(12)10-14/h1-9H,10H2. The van der Waals surface area contributed by atoms with Gasteiger partial charge in [-0.3, -0.25) is 0 Å². The number of anilines is 1. The Balaban J connectivity index is 1.94. The second-order valence-electron chi connectivity index (χ2n) is 3.55. The first-order chi connectivity index (χ1) is 7.43. The molecule has 0 spiro atoms. The Morgan fingerprint density at radius 2 is 2.00 bits per heavy atom. The lowest BCUT2D eigenvalue weighted by Gasteiger charge is -2.25. The van der Waals surface area contributed by atoms with Gasteiger partial charge < -0.3 is 9.47 Å². The van der Waals surface area contributed by atoms with Crippen LogP contribution >= 0.6 is 0 Å². The summed E-state index contributed by atoms with van der Waals surface area (Å²) in [7, 11) is 0. The van der Waals surface area contributed by atoms with E-state index in [1.165, 1.54) is 5.69 Å². The van der Waals surface area contributed by atoms with Crippen molar-refractivity contribution in [2.45, 2.75) is 6.67 Å². The van der Waals surface area contributed by atoms with Crippen LogP contribution in [0.15, 0.2) is 49.1 Å². The molecule has 0 aliphatic carbocycles. The first kappa shape index (κ1) is 8.29. The highest BCUT2D eigenvalue weighted by atomic mass is 15.3. The third-order valence-electron chi connectivity index (χ3n) is 2.56. The lowest BCUT2D eigenvalue weighted by Crippen LogP contribution is -2.23. The van der Waals surface area contributed by atoms with Gasteiger partial charge in [0.2, 0.25) is 0 Å². The van der Waals surface area contributed by atoms with Crippen LogP contribution in [0.2, 0.25) is 0 Å². The third kappa shape index (κ3) is 1.42. The molecule has 2 heterocycles. The first-order valence-electron chi connectivity index (χ1n) is 4.93. The predicted molar refractivity (Wildman–Crippen MR) is 60.2 cm³/mol. The van der Waals surface area contributed by atoms with Crippen molar-refractivity contribution in [2.75, 3.05) is 4.90 Å². The molecule has 15 heavy (non-hydrogen) atoms. The summed E-state index contributed by atoms with van der Waals surface area (Å²) in [6, 6.07) is 10.3. The number of nitrogens with zero attached hydrogens (tertiary/aromatic N) is 3. The van der Waals surface area contributed by atoms with E-state index in [-0.39, 0.29) is 0 Å². The summed E-state index contributed by atoms with van der Waals surface area (Å²) in [6.07, 6.45) is 7.89. The van der Waals surface area contributed by atoms with Gasteiger partial charge in [0.1, 0.15) is 6.67 Å². The van der Waals surface area contributed by atoms with Gasteiger partial charge in [-0.1, -0.05) is 18.2 Å². The number of rotatable bonds is 1. The maximum atomic E-state index is 4.12. The molecule has 0 radical (unpaired) electrons. The normalized spacial score (nSPS) is 14.0. The molecule has 2 aromatic rings. The average Bonchev–Trinajstić information content (AvgIpc) is 2.77. The summed E-state index contributed by atoms with van der Waals surface area (Å²) >= 11 is 0. The minimum Gasteiger partial charge on any atom is -0.329 e. The van der Waals surface area contributed by atoms with Gasteiger partial charge in [0, 0.05) is 11.9 Å². The Labute approximate surface area is 88.3 Å². The molecule has 1 aliphatic heterocycles. The SMILES string of the molecule is C1=CN(c2ccccc2)Cn2cncc21. The average molecular weight is 197 g/mol. The molecule has 1 aromatic heterocycles. The van der Waals surface area contributed by atoms with Gasteiger partial charge in [0.25, 0.3) is 0 Å². The van der Waals surface area contributed by atoms with E-state index in [9.17, 15) is 0 Å². The molecule has 1 aromatic carbocycles. The molecule has 0 atom stereocenters. The highest BCUT2D eigenvalue weighted by Crippen LogP contribution is 2.19. The summed E-state index contributed by atoms with van der Waals surface area (Å²) in [5.41, 5.74) is 2.36. The number of hydrogen-bond acceptors (Lipinski definition) is 2. The molecular formula is C12H11N3. The van der Waals surface area contributed by atoms with Gasteiger partial charge in [-0.25, -0.2) is 4.98 Å². The Morgan fingerprint density at radius 3 is 2.87 bits per heavy atom. The summed E-state index contributed by atoms with van der Waals surface area (Å²) in [4.78, 5) is 6.31. The fraction of sp³-hybridized carbons (Fsp3) is 0.0833. The Bertz CT molecular complexity index is 485. The van der Waals surface area contributed by atoms with E-state index in [1.54, 1.807) is 0 Å². The van der Waals surface area contributed by atoms with Gasteiger partial charge in [-0.15, -0.1) is 0 Å². The monoisotopic (exact) mass is 197 g/mol.